The van der Waals surface area contributed by atoms with Crippen LogP contribution in [0.4, 0.5) is 11.5 Å². The minimum atomic E-state index is -0.0367. The summed E-state index contributed by atoms with van der Waals surface area (Å²) >= 11 is 0. The lowest BCUT2D eigenvalue weighted by Crippen LogP contribution is -2.20. The molecule has 20 heavy (non-hydrogen) atoms. The first-order valence-electron chi connectivity index (χ1n) is 6.63. The van der Waals surface area contributed by atoms with Gasteiger partial charge in [0.05, 0.1) is 12.5 Å². The normalized spacial score (nSPS) is 11.7. The predicted molar refractivity (Wildman–Crippen MR) is 80.5 cm³/mol. The average molecular weight is 266 g/mol. The van der Waals surface area contributed by atoms with Crippen molar-refractivity contribution in [1.29, 1.82) is 5.26 Å². The summed E-state index contributed by atoms with van der Waals surface area (Å²) in [6.45, 7) is 2.55. The van der Waals surface area contributed by atoms with Gasteiger partial charge in [0.1, 0.15) is 5.82 Å². The Morgan fingerprint density at radius 3 is 2.70 bits per heavy atom. The monoisotopic (exact) mass is 266 g/mol. The lowest BCUT2D eigenvalue weighted by Gasteiger charge is -2.23. The molecule has 1 aromatic carbocycles. The molecule has 0 saturated heterocycles. The van der Waals surface area contributed by atoms with Crippen LogP contribution >= 0.6 is 0 Å². The van der Waals surface area contributed by atoms with E-state index >= 15 is 0 Å². The zero-order chi connectivity index (χ0) is 14.4. The van der Waals surface area contributed by atoms with Crippen LogP contribution in [0.5, 0.6) is 0 Å². The number of hydrogen-bond acceptors (Lipinski definition) is 4. The number of nitrogens with two attached hydrogens (primary N) is 1. The molecule has 0 amide bonds. The summed E-state index contributed by atoms with van der Waals surface area (Å²) in [5.41, 5.74) is 7.98. The molecule has 0 fully saturated rings. The predicted octanol–water partition coefficient (Wildman–Crippen LogP) is 3.15. The number of benzene rings is 1. The number of aromatic nitrogens is 1. The van der Waals surface area contributed by atoms with Crippen LogP contribution in [0, 0.1) is 11.3 Å². The lowest BCUT2D eigenvalue weighted by molar-refractivity contribution is 0.812. The van der Waals surface area contributed by atoms with Crippen LogP contribution in [0.25, 0.3) is 0 Å². The van der Waals surface area contributed by atoms with Crippen molar-refractivity contribution in [2.24, 2.45) is 5.73 Å². The third-order valence-electron chi connectivity index (χ3n) is 3.09. The quantitative estimate of drug-likeness (QED) is 0.902. The summed E-state index contributed by atoms with van der Waals surface area (Å²) in [7, 11) is 0. The van der Waals surface area contributed by atoms with E-state index in [9.17, 15) is 0 Å². The number of nitriles is 1. The van der Waals surface area contributed by atoms with Crippen molar-refractivity contribution in [3.8, 4) is 6.07 Å². The van der Waals surface area contributed by atoms with Gasteiger partial charge in [0.15, 0.2) is 0 Å². The molecule has 1 aromatic heterocycles. The highest BCUT2D eigenvalue weighted by atomic mass is 15.2. The summed E-state index contributed by atoms with van der Waals surface area (Å²) in [4.78, 5) is 6.45. The van der Waals surface area contributed by atoms with E-state index in [1.165, 1.54) is 0 Å². The van der Waals surface area contributed by atoms with Gasteiger partial charge in [-0.3, -0.25) is 0 Å². The summed E-state index contributed by atoms with van der Waals surface area (Å²) < 4.78 is 0. The molecule has 1 heterocycles. The van der Waals surface area contributed by atoms with Gasteiger partial charge in [0.25, 0.3) is 0 Å². The fourth-order valence-electron chi connectivity index (χ4n) is 2.01. The molecule has 4 nitrogen and oxygen atoms in total. The van der Waals surface area contributed by atoms with E-state index < -0.39 is 0 Å². The summed E-state index contributed by atoms with van der Waals surface area (Å²) in [6, 6.07) is 16.0. The molecule has 2 N–H and O–H groups in total. The summed E-state index contributed by atoms with van der Waals surface area (Å²) in [6.07, 6.45) is 2.20. The highest BCUT2D eigenvalue weighted by molar-refractivity contribution is 5.60. The molecule has 2 aromatic rings. The third kappa shape index (κ3) is 3.34. The van der Waals surface area contributed by atoms with Crippen molar-refractivity contribution in [2.75, 3.05) is 11.4 Å². The van der Waals surface area contributed by atoms with Crippen LogP contribution in [-0.4, -0.2) is 11.5 Å². The standard InChI is InChI=1S/C16H18N4/c1-13(18)14-8-10-19-16(12-14)20(11-5-9-17)15-6-3-2-4-7-15/h2-4,6-8,10,12-13H,5,11,18H2,1H3. The largest absolute Gasteiger partial charge is 0.325 e. The molecule has 0 aliphatic carbocycles. The second kappa shape index (κ2) is 6.69. The Labute approximate surface area is 119 Å². The Morgan fingerprint density at radius 1 is 1.30 bits per heavy atom. The Hall–Kier alpha value is -2.38. The molecule has 0 bridgehead atoms. The van der Waals surface area contributed by atoms with Gasteiger partial charge in [0, 0.05) is 24.5 Å². The van der Waals surface area contributed by atoms with Gasteiger partial charge in [-0.25, -0.2) is 4.98 Å². The second-order valence-electron chi connectivity index (χ2n) is 4.63. The Morgan fingerprint density at radius 2 is 2.05 bits per heavy atom. The first kappa shape index (κ1) is 14.0. The highest BCUT2D eigenvalue weighted by Crippen LogP contribution is 2.25. The molecule has 0 aliphatic heterocycles. The van der Waals surface area contributed by atoms with Crippen LogP contribution in [0.15, 0.2) is 48.7 Å². The zero-order valence-corrected chi connectivity index (χ0v) is 11.5. The van der Waals surface area contributed by atoms with Crippen LogP contribution in [0.1, 0.15) is 24.9 Å². The first-order valence-corrected chi connectivity index (χ1v) is 6.63. The highest BCUT2D eigenvalue weighted by Gasteiger charge is 2.11. The van der Waals surface area contributed by atoms with E-state index in [4.69, 9.17) is 11.0 Å². The van der Waals surface area contributed by atoms with E-state index in [1.807, 2.05) is 54.3 Å². The average Bonchev–Trinajstić information content (AvgIpc) is 2.49. The van der Waals surface area contributed by atoms with Crippen molar-refractivity contribution >= 4 is 11.5 Å². The zero-order valence-electron chi connectivity index (χ0n) is 11.5. The molecule has 102 valence electrons. The van der Waals surface area contributed by atoms with E-state index in [0.717, 1.165) is 17.1 Å². The van der Waals surface area contributed by atoms with E-state index in [-0.39, 0.29) is 6.04 Å². The van der Waals surface area contributed by atoms with Crippen molar-refractivity contribution in [3.63, 3.8) is 0 Å². The van der Waals surface area contributed by atoms with Crippen LogP contribution in [-0.2, 0) is 0 Å². The van der Waals surface area contributed by atoms with Gasteiger partial charge in [-0.05, 0) is 36.8 Å². The molecule has 0 saturated carbocycles. The van der Waals surface area contributed by atoms with Crippen molar-refractivity contribution in [1.82, 2.24) is 4.98 Å². The van der Waals surface area contributed by atoms with Crippen molar-refractivity contribution in [2.45, 2.75) is 19.4 Å². The second-order valence-corrected chi connectivity index (χ2v) is 4.63. The molecule has 0 spiro atoms. The molecule has 1 atom stereocenters. The summed E-state index contributed by atoms with van der Waals surface area (Å²) in [5.74, 6) is 0.821. The van der Waals surface area contributed by atoms with E-state index in [1.54, 1.807) is 6.20 Å². The molecule has 0 radical (unpaired) electrons. The van der Waals surface area contributed by atoms with Gasteiger partial charge in [-0.2, -0.15) is 5.26 Å². The maximum absolute atomic E-state index is 8.83. The Balaban J connectivity index is 2.36. The van der Waals surface area contributed by atoms with Gasteiger partial charge in [0.2, 0.25) is 0 Å². The number of anilines is 2. The molecule has 1 unspecified atom stereocenters. The minimum absolute atomic E-state index is 0.0367. The minimum Gasteiger partial charge on any atom is -0.325 e. The van der Waals surface area contributed by atoms with Crippen LogP contribution < -0.4 is 10.6 Å². The molecule has 4 heteroatoms. The van der Waals surface area contributed by atoms with Crippen LogP contribution in [0.3, 0.4) is 0 Å². The lowest BCUT2D eigenvalue weighted by atomic mass is 10.1. The Bertz CT molecular complexity index is 587. The smallest absolute Gasteiger partial charge is 0.133 e. The number of para-hydroxylation sites is 1. The molecule has 0 aliphatic rings. The number of nitrogens with zero attached hydrogens (tertiary/aromatic N) is 3. The van der Waals surface area contributed by atoms with Gasteiger partial charge in [-0.1, -0.05) is 18.2 Å². The number of hydrogen-bond donors (Lipinski definition) is 1. The Kier molecular flexibility index (Phi) is 4.70. The number of pyridine rings is 1. The van der Waals surface area contributed by atoms with Gasteiger partial charge in [-0.15, -0.1) is 0 Å². The topological polar surface area (TPSA) is 65.9 Å². The van der Waals surface area contributed by atoms with E-state index in [2.05, 4.69) is 11.1 Å². The fraction of sp³-hybridized carbons (Fsp3) is 0.250. The van der Waals surface area contributed by atoms with Gasteiger partial charge >= 0.3 is 0 Å². The maximum Gasteiger partial charge on any atom is 0.133 e. The van der Waals surface area contributed by atoms with Crippen LogP contribution in [0.2, 0.25) is 0 Å². The van der Waals surface area contributed by atoms with E-state index in [0.29, 0.717) is 13.0 Å². The maximum atomic E-state index is 8.83. The summed E-state index contributed by atoms with van der Waals surface area (Å²) in [5, 5.41) is 8.83. The van der Waals surface area contributed by atoms with Gasteiger partial charge < -0.3 is 10.6 Å². The first-order chi connectivity index (χ1) is 9.72. The third-order valence-corrected chi connectivity index (χ3v) is 3.09. The van der Waals surface area contributed by atoms with Crippen molar-refractivity contribution < 1.29 is 0 Å². The molecular weight excluding hydrogens is 248 g/mol. The molecule has 2 rings (SSSR count). The number of rotatable bonds is 5. The SMILES string of the molecule is CC(N)c1ccnc(N(CCC#N)c2ccccc2)c1. The molecular formula is C16H18N4. The van der Waals surface area contributed by atoms with Crippen molar-refractivity contribution in [3.05, 3.63) is 54.2 Å². The fourth-order valence-corrected chi connectivity index (χ4v) is 2.01.